The highest BCUT2D eigenvalue weighted by Gasteiger charge is 2.22. The van der Waals surface area contributed by atoms with Crippen LogP contribution in [0.1, 0.15) is 19.4 Å². The largest absolute Gasteiger partial charge is 0.326 e. The highest BCUT2D eigenvalue weighted by molar-refractivity contribution is 7.89. The minimum absolute atomic E-state index is 0.0577. The van der Waals surface area contributed by atoms with Gasteiger partial charge in [0.2, 0.25) is 21.8 Å². The Labute approximate surface area is 157 Å². The van der Waals surface area contributed by atoms with E-state index in [1.807, 2.05) is 0 Å². The van der Waals surface area contributed by atoms with E-state index < -0.39 is 27.8 Å². The number of sulfonamides is 1. The van der Waals surface area contributed by atoms with Gasteiger partial charge in [-0.2, -0.15) is 4.72 Å². The van der Waals surface area contributed by atoms with E-state index in [0.29, 0.717) is 11.3 Å². The van der Waals surface area contributed by atoms with Crippen molar-refractivity contribution >= 4 is 33.2 Å². The van der Waals surface area contributed by atoms with E-state index in [2.05, 4.69) is 15.4 Å². The zero-order valence-corrected chi connectivity index (χ0v) is 15.9. The molecule has 0 saturated heterocycles. The third-order valence-electron chi connectivity index (χ3n) is 3.65. The second-order valence-electron chi connectivity index (χ2n) is 6.00. The van der Waals surface area contributed by atoms with Crippen LogP contribution in [0.25, 0.3) is 0 Å². The van der Waals surface area contributed by atoms with Gasteiger partial charge in [-0.1, -0.05) is 6.07 Å². The second-order valence-corrected chi connectivity index (χ2v) is 7.72. The number of nitrogens with one attached hydrogen (secondary N) is 3. The quantitative estimate of drug-likeness (QED) is 0.701. The fraction of sp³-hybridized carbons (Fsp3) is 0.222. The van der Waals surface area contributed by atoms with E-state index in [-0.39, 0.29) is 16.5 Å². The maximum atomic E-state index is 13.5. The smallest absolute Gasteiger partial charge is 0.242 e. The third-order valence-corrected chi connectivity index (χ3v) is 5.21. The van der Waals surface area contributed by atoms with Crippen LogP contribution in [-0.2, 0) is 19.6 Å². The summed E-state index contributed by atoms with van der Waals surface area (Å²) < 4.78 is 40.6. The molecule has 0 fully saturated rings. The lowest BCUT2D eigenvalue weighted by Gasteiger charge is -2.15. The van der Waals surface area contributed by atoms with Gasteiger partial charge < -0.3 is 10.6 Å². The van der Waals surface area contributed by atoms with Crippen molar-refractivity contribution in [3.63, 3.8) is 0 Å². The Kier molecular flexibility index (Phi) is 6.29. The molecule has 0 aliphatic carbocycles. The number of halogens is 1. The van der Waals surface area contributed by atoms with Gasteiger partial charge in [-0.15, -0.1) is 0 Å². The molecule has 0 spiro atoms. The Balaban J connectivity index is 2.05. The van der Waals surface area contributed by atoms with E-state index >= 15 is 0 Å². The lowest BCUT2D eigenvalue weighted by atomic mass is 10.2. The van der Waals surface area contributed by atoms with Crippen molar-refractivity contribution in [1.82, 2.24) is 4.72 Å². The molecule has 0 radical (unpaired) electrons. The zero-order chi connectivity index (χ0) is 20.2. The van der Waals surface area contributed by atoms with E-state index in [4.69, 9.17) is 0 Å². The molecular formula is C18H20FN3O4S. The first-order valence-electron chi connectivity index (χ1n) is 8.05. The van der Waals surface area contributed by atoms with Crippen molar-refractivity contribution in [3.8, 4) is 0 Å². The Morgan fingerprint density at radius 2 is 1.59 bits per heavy atom. The summed E-state index contributed by atoms with van der Waals surface area (Å²) in [5.41, 5.74) is 1.12. The fourth-order valence-corrected chi connectivity index (χ4v) is 3.40. The van der Waals surface area contributed by atoms with Crippen LogP contribution in [-0.4, -0.2) is 26.3 Å². The highest BCUT2D eigenvalue weighted by Crippen LogP contribution is 2.16. The van der Waals surface area contributed by atoms with E-state index in [1.54, 1.807) is 6.92 Å². The van der Waals surface area contributed by atoms with E-state index in [9.17, 15) is 22.4 Å². The van der Waals surface area contributed by atoms with Crippen molar-refractivity contribution in [2.24, 2.45) is 0 Å². The molecule has 2 aromatic carbocycles. The van der Waals surface area contributed by atoms with Crippen molar-refractivity contribution < 1.29 is 22.4 Å². The first kappa shape index (κ1) is 20.5. The molecule has 2 amide bonds. The fourth-order valence-electron chi connectivity index (χ4n) is 2.20. The number of anilines is 2. The van der Waals surface area contributed by atoms with Gasteiger partial charge in [0.25, 0.3) is 0 Å². The summed E-state index contributed by atoms with van der Waals surface area (Å²) in [4.78, 5) is 23.1. The van der Waals surface area contributed by atoms with Gasteiger partial charge in [0.15, 0.2) is 0 Å². The molecule has 0 aliphatic heterocycles. The number of aryl methyl sites for hydroxylation is 1. The Morgan fingerprint density at radius 1 is 1.00 bits per heavy atom. The summed E-state index contributed by atoms with van der Waals surface area (Å²) in [5.74, 6) is -1.38. The van der Waals surface area contributed by atoms with Crippen LogP contribution in [0.3, 0.4) is 0 Å². The predicted octanol–water partition coefficient (Wildman–Crippen LogP) is 2.40. The van der Waals surface area contributed by atoms with Crippen LogP contribution >= 0.6 is 0 Å². The molecule has 7 nitrogen and oxygen atoms in total. The summed E-state index contributed by atoms with van der Waals surface area (Å²) in [7, 11) is -3.95. The van der Waals surface area contributed by atoms with Crippen LogP contribution in [0.15, 0.2) is 47.4 Å². The van der Waals surface area contributed by atoms with Gasteiger partial charge in [-0.3, -0.25) is 9.59 Å². The first-order valence-corrected chi connectivity index (χ1v) is 9.54. The third kappa shape index (κ3) is 5.60. The lowest BCUT2D eigenvalue weighted by Crippen LogP contribution is -2.41. The Morgan fingerprint density at radius 3 is 2.15 bits per heavy atom. The van der Waals surface area contributed by atoms with Crippen molar-refractivity contribution in [1.29, 1.82) is 0 Å². The SMILES string of the molecule is CC(=O)Nc1ccc(S(=O)(=O)N[C@@H](C)C(=O)Nc2ccc(C)c(F)c2)cc1. The van der Waals surface area contributed by atoms with E-state index in [1.165, 1.54) is 50.2 Å². The molecular weight excluding hydrogens is 373 g/mol. The van der Waals surface area contributed by atoms with Crippen molar-refractivity contribution in [2.75, 3.05) is 10.6 Å². The van der Waals surface area contributed by atoms with Crippen LogP contribution in [0.5, 0.6) is 0 Å². The van der Waals surface area contributed by atoms with Crippen molar-refractivity contribution in [2.45, 2.75) is 31.7 Å². The molecule has 0 aromatic heterocycles. The van der Waals surface area contributed by atoms with Crippen LogP contribution in [0.2, 0.25) is 0 Å². The number of amides is 2. The Bertz CT molecular complexity index is 959. The van der Waals surface area contributed by atoms with Gasteiger partial charge in [-0.25, -0.2) is 12.8 Å². The monoisotopic (exact) mass is 393 g/mol. The second kappa shape index (κ2) is 8.28. The first-order chi connectivity index (χ1) is 12.6. The summed E-state index contributed by atoms with van der Waals surface area (Å²) in [6, 6.07) is 8.62. The predicted molar refractivity (Wildman–Crippen MR) is 100 cm³/mol. The number of carbonyl (C=O) groups excluding carboxylic acids is 2. The lowest BCUT2D eigenvalue weighted by molar-refractivity contribution is -0.117. The minimum atomic E-state index is -3.95. The molecule has 1 atom stereocenters. The summed E-state index contributed by atoms with van der Waals surface area (Å²) in [6.07, 6.45) is 0. The maximum absolute atomic E-state index is 13.5. The highest BCUT2D eigenvalue weighted by atomic mass is 32.2. The molecule has 144 valence electrons. The molecule has 0 unspecified atom stereocenters. The average molecular weight is 393 g/mol. The van der Waals surface area contributed by atoms with Gasteiger partial charge in [0.1, 0.15) is 5.82 Å². The number of rotatable bonds is 6. The number of hydrogen-bond acceptors (Lipinski definition) is 4. The van der Waals surface area contributed by atoms with Gasteiger partial charge in [-0.05, 0) is 55.8 Å². The molecule has 9 heteroatoms. The van der Waals surface area contributed by atoms with Crippen LogP contribution < -0.4 is 15.4 Å². The maximum Gasteiger partial charge on any atom is 0.242 e. The van der Waals surface area contributed by atoms with Crippen LogP contribution in [0, 0.1) is 12.7 Å². The van der Waals surface area contributed by atoms with Crippen LogP contribution in [0.4, 0.5) is 15.8 Å². The summed E-state index contributed by atoms with van der Waals surface area (Å²) >= 11 is 0. The number of benzene rings is 2. The van der Waals surface area contributed by atoms with Gasteiger partial charge >= 0.3 is 0 Å². The zero-order valence-electron chi connectivity index (χ0n) is 15.0. The number of hydrogen-bond donors (Lipinski definition) is 3. The average Bonchev–Trinajstić information content (AvgIpc) is 2.57. The number of carbonyl (C=O) groups is 2. The molecule has 0 saturated carbocycles. The molecule has 3 N–H and O–H groups in total. The van der Waals surface area contributed by atoms with Crippen molar-refractivity contribution in [3.05, 3.63) is 53.8 Å². The summed E-state index contributed by atoms with van der Waals surface area (Å²) in [5, 5.41) is 4.99. The topological polar surface area (TPSA) is 104 Å². The molecule has 27 heavy (non-hydrogen) atoms. The molecule has 0 bridgehead atoms. The molecule has 2 rings (SSSR count). The van der Waals surface area contributed by atoms with Gasteiger partial charge in [0, 0.05) is 18.3 Å². The van der Waals surface area contributed by atoms with E-state index in [0.717, 1.165) is 6.07 Å². The normalized spacial score (nSPS) is 12.3. The minimum Gasteiger partial charge on any atom is -0.326 e. The molecule has 2 aromatic rings. The standard InChI is InChI=1S/C18H20FN3O4S/c1-11-4-5-15(10-17(11)19)21-18(24)12(2)22-27(25,26)16-8-6-14(7-9-16)20-13(3)23/h4-10,12,22H,1-3H3,(H,20,23)(H,21,24)/t12-/m0/s1. The molecule has 0 aliphatic rings. The molecule has 0 heterocycles. The Hall–Kier alpha value is -2.78. The summed E-state index contributed by atoms with van der Waals surface area (Å²) in [6.45, 7) is 4.31. The van der Waals surface area contributed by atoms with Gasteiger partial charge in [0.05, 0.1) is 10.9 Å².